The van der Waals surface area contributed by atoms with Gasteiger partial charge in [-0.15, -0.1) is 10.2 Å². The zero-order valence-electron chi connectivity index (χ0n) is 13.8. The van der Waals surface area contributed by atoms with Crippen LogP contribution in [0.1, 0.15) is 24.6 Å². The van der Waals surface area contributed by atoms with Crippen LogP contribution in [0.3, 0.4) is 0 Å². The van der Waals surface area contributed by atoms with Gasteiger partial charge in [-0.3, -0.25) is 4.79 Å². The Kier molecular flexibility index (Phi) is 4.41. The first-order valence-electron chi connectivity index (χ1n) is 7.71. The van der Waals surface area contributed by atoms with E-state index in [-0.39, 0.29) is 5.56 Å². The molecule has 7 heteroatoms. The number of aryl methyl sites for hydroxylation is 1. The number of ether oxygens (including phenoxy) is 1. The van der Waals surface area contributed by atoms with Crippen molar-refractivity contribution in [1.29, 1.82) is 0 Å². The summed E-state index contributed by atoms with van der Waals surface area (Å²) in [5.74, 6) is 1.49. The van der Waals surface area contributed by atoms with E-state index in [0.717, 1.165) is 12.0 Å². The minimum atomic E-state index is -0.165. The number of aromatic amines is 1. The van der Waals surface area contributed by atoms with E-state index in [1.807, 2.05) is 32.0 Å². The molecule has 124 valence electrons. The third-order valence-electron chi connectivity index (χ3n) is 3.70. The van der Waals surface area contributed by atoms with Crippen molar-refractivity contribution in [2.45, 2.75) is 27.2 Å². The molecule has 2 heterocycles. The first kappa shape index (κ1) is 15.9. The lowest BCUT2D eigenvalue weighted by atomic mass is 10.1. The van der Waals surface area contributed by atoms with E-state index in [1.54, 1.807) is 6.92 Å². The first-order valence-corrected chi connectivity index (χ1v) is 7.71. The second-order valence-electron chi connectivity index (χ2n) is 5.43. The quantitative estimate of drug-likeness (QED) is 0.775. The average Bonchev–Trinajstić information content (AvgIpc) is 3.12. The molecule has 7 nitrogen and oxygen atoms in total. The second-order valence-corrected chi connectivity index (χ2v) is 5.43. The van der Waals surface area contributed by atoms with Gasteiger partial charge in [0.25, 0.3) is 5.56 Å². The van der Waals surface area contributed by atoms with Gasteiger partial charge in [0.05, 0.1) is 12.2 Å². The summed E-state index contributed by atoms with van der Waals surface area (Å²) in [6, 6.07) is 5.48. The standard InChI is InChI=1S/C17H18N4O3/c1-4-7-23-14-6-5-12(17-21-18-9-24-17)8-13(14)15-19-11(3)10(2)16(22)20-15/h5-6,8-9H,4,7H2,1-3H3,(H,19,20,22). The number of H-pyrrole nitrogens is 1. The van der Waals surface area contributed by atoms with E-state index in [0.29, 0.717) is 40.9 Å². The van der Waals surface area contributed by atoms with Gasteiger partial charge >= 0.3 is 0 Å². The minimum absolute atomic E-state index is 0.165. The van der Waals surface area contributed by atoms with Crippen LogP contribution in [0.5, 0.6) is 5.75 Å². The Morgan fingerprint density at radius 3 is 2.79 bits per heavy atom. The first-order chi connectivity index (χ1) is 11.6. The Balaban J connectivity index is 2.15. The lowest BCUT2D eigenvalue weighted by molar-refractivity contribution is 0.318. The smallest absolute Gasteiger partial charge is 0.254 e. The predicted octanol–water partition coefficient (Wildman–Crippen LogP) is 2.89. The molecule has 0 unspecified atom stereocenters. The summed E-state index contributed by atoms with van der Waals surface area (Å²) in [5, 5.41) is 7.60. The van der Waals surface area contributed by atoms with Crippen molar-refractivity contribution in [1.82, 2.24) is 20.2 Å². The molecule has 3 aromatic rings. The highest BCUT2D eigenvalue weighted by molar-refractivity contribution is 5.71. The van der Waals surface area contributed by atoms with Crippen LogP contribution >= 0.6 is 0 Å². The zero-order valence-corrected chi connectivity index (χ0v) is 13.8. The van der Waals surface area contributed by atoms with Crippen LogP contribution in [-0.4, -0.2) is 26.8 Å². The van der Waals surface area contributed by atoms with Crippen molar-refractivity contribution < 1.29 is 9.15 Å². The van der Waals surface area contributed by atoms with Crippen molar-refractivity contribution in [2.24, 2.45) is 0 Å². The lowest BCUT2D eigenvalue weighted by Crippen LogP contribution is -2.14. The maximum absolute atomic E-state index is 12.1. The fourth-order valence-electron chi connectivity index (χ4n) is 2.26. The van der Waals surface area contributed by atoms with Crippen molar-refractivity contribution >= 4 is 0 Å². The molecular formula is C17H18N4O3. The summed E-state index contributed by atoms with van der Waals surface area (Å²) in [6.45, 7) is 6.15. The van der Waals surface area contributed by atoms with Crippen molar-refractivity contribution in [3.63, 3.8) is 0 Å². The third-order valence-corrected chi connectivity index (χ3v) is 3.70. The van der Waals surface area contributed by atoms with Crippen molar-refractivity contribution in [3.05, 3.63) is 46.2 Å². The molecule has 0 fully saturated rings. The number of aromatic nitrogens is 4. The fourth-order valence-corrected chi connectivity index (χ4v) is 2.26. The molecule has 3 rings (SSSR count). The molecular weight excluding hydrogens is 308 g/mol. The van der Waals surface area contributed by atoms with E-state index < -0.39 is 0 Å². The third kappa shape index (κ3) is 3.05. The Bertz CT molecular complexity index is 901. The van der Waals surface area contributed by atoms with Gasteiger partial charge in [0.1, 0.15) is 11.6 Å². The summed E-state index contributed by atoms with van der Waals surface area (Å²) >= 11 is 0. The highest BCUT2D eigenvalue weighted by Crippen LogP contribution is 2.32. The highest BCUT2D eigenvalue weighted by atomic mass is 16.5. The van der Waals surface area contributed by atoms with Crippen molar-refractivity contribution in [3.8, 4) is 28.6 Å². The van der Waals surface area contributed by atoms with E-state index in [4.69, 9.17) is 9.15 Å². The molecule has 1 aromatic carbocycles. The SMILES string of the molecule is CCCOc1ccc(-c2nnco2)cc1-c1nc(C)c(C)c(=O)[nH]1. The lowest BCUT2D eigenvalue weighted by Gasteiger charge is -2.12. The molecule has 0 saturated heterocycles. The molecule has 0 saturated carbocycles. The molecule has 0 spiro atoms. The topological polar surface area (TPSA) is 93.9 Å². The summed E-state index contributed by atoms with van der Waals surface area (Å²) in [6.07, 6.45) is 2.15. The van der Waals surface area contributed by atoms with Gasteiger partial charge < -0.3 is 14.1 Å². The van der Waals surface area contributed by atoms with Gasteiger partial charge in [-0.05, 0) is 38.5 Å². The summed E-state index contributed by atoms with van der Waals surface area (Å²) in [7, 11) is 0. The van der Waals surface area contributed by atoms with Gasteiger partial charge in [-0.1, -0.05) is 6.92 Å². The molecule has 0 radical (unpaired) electrons. The second kappa shape index (κ2) is 6.66. The Hall–Kier alpha value is -2.96. The van der Waals surface area contributed by atoms with Gasteiger partial charge in [-0.25, -0.2) is 4.98 Å². The molecule has 2 aromatic heterocycles. The van der Waals surface area contributed by atoms with Crippen LogP contribution in [0.25, 0.3) is 22.8 Å². The summed E-state index contributed by atoms with van der Waals surface area (Å²) < 4.78 is 11.0. The van der Waals surface area contributed by atoms with Crippen LogP contribution < -0.4 is 10.3 Å². The van der Waals surface area contributed by atoms with Crippen LogP contribution in [0, 0.1) is 13.8 Å². The number of nitrogens with zero attached hydrogens (tertiary/aromatic N) is 3. The van der Waals surface area contributed by atoms with Gasteiger partial charge in [-0.2, -0.15) is 0 Å². The molecule has 0 amide bonds. The van der Waals surface area contributed by atoms with Crippen LogP contribution in [0.4, 0.5) is 0 Å². The summed E-state index contributed by atoms with van der Waals surface area (Å²) in [5.41, 5.74) is 2.52. The fraction of sp³-hybridized carbons (Fsp3) is 0.294. The van der Waals surface area contributed by atoms with E-state index in [9.17, 15) is 4.79 Å². The Labute approximate surface area is 138 Å². The van der Waals surface area contributed by atoms with Gasteiger partial charge in [0.15, 0.2) is 0 Å². The van der Waals surface area contributed by atoms with Gasteiger partial charge in [0, 0.05) is 16.8 Å². The highest BCUT2D eigenvalue weighted by Gasteiger charge is 2.15. The maximum Gasteiger partial charge on any atom is 0.254 e. The maximum atomic E-state index is 12.1. The number of hydrogen-bond acceptors (Lipinski definition) is 6. The van der Waals surface area contributed by atoms with Crippen LogP contribution in [0.2, 0.25) is 0 Å². The number of nitrogens with one attached hydrogen (secondary N) is 1. The molecule has 1 N–H and O–H groups in total. The Morgan fingerprint density at radius 2 is 2.12 bits per heavy atom. The Morgan fingerprint density at radius 1 is 1.29 bits per heavy atom. The normalized spacial score (nSPS) is 10.8. The molecule has 0 aliphatic rings. The summed E-state index contributed by atoms with van der Waals surface area (Å²) in [4.78, 5) is 19.4. The van der Waals surface area contributed by atoms with Crippen LogP contribution in [0.15, 0.2) is 33.8 Å². The zero-order chi connectivity index (χ0) is 17.1. The molecule has 0 bridgehead atoms. The van der Waals surface area contributed by atoms with Crippen LogP contribution in [-0.2, 0) is 0 Å². The van der Waals surface area contributed by atoms with E-state index in [1.165, 1.54) is 6.39 Å². The molecule has 0 aliphatic carbocycles. The van der Waals surface area contributed by atoms with E-state index >= 15 is 0 Å². The number of benzene rings is 1. The van der Waals surface area contributed by atoms with Gasteiger partial charge in [0.2, 0.25) is 12.3 Å². The minimum Gasteiger partial charge on any atom is -0.493 e. The number of rotatable bonds is 5. The molecule has 24 heavy (non-hydrogen) atoms. The predicted molar refractivity (Wildman–Crippen MR) is 88.8 cm³/mol. The monoisotopic (exact) mass is 326 g/mol. The average molecular weight is 326 g/mol. The van der Waals surface area contributed by atoms with Crippen molar-refractivity contribution in [2.75, 3.05) is 6.61 Å². The number of hydrogen-bond donors (Lipinski definition) is 1. The molecule has 0 aliphatic heterocycles. The largest absolute Gasteiger partial charge is 0.493 e. The molecule has 0 atom stereocenters. The van der Waals surface area contributed by atoms with E-state index in [2.05, 4.69) is 20.2 Å².